The minimum Gasteiger partial charge on any atom is -0.318 e. The summed E-state index contributed by atoms with van der Waals surface area (Å²) in [5, 5.41) is 9.39. The van der Waals surface area contributed by atoms with Gasteiger partial charge in [0.15, 0.2) is 0 Å². The van der Waals surface area contributed by atoms with Crippen LogP contribution in [0.2, 0.25) is 5.15 Å². The number of aromatic nitrogens is 2. The van der Waals surface area contributed by atoms with Gasteiger partial charge in [0.25, 0.3) is 0 Å². The number of nitriles is 1. The molecule has 1 heterocycles. The maximum atomic E-state index is 8.66. The highest BCUT2D eigenvalue weighted by Crippen LogP contribution is 2.21. The molecule has 0 fully saturated rings. The van der Waals surface area contributed by atoms with Crippen molar-refractivity contribution in [3.05, 3.63) is 16.7 Å². The summed E-state index contributed by atoms with van der Waals surface area (Å²) in [5.41, 5.74) is 0.995. The van der Waals surface area contributed by atoms with E-state index in [4.69, 9.17) is 16.9 Å². The molecule has 0 atom stereocenters. The Morgan fingerprint density at radius 2 is 2.06 bits per heavy atom. The van der Waals surface area contributed by atoms with Gasteiger partial charge in [-0.3, -0.25) is 0 Å². The number of hydrogen-bond acceptors (Lipinski definition) is 2. The highest BCUT2D eigenvalue weighted by atomic mass is 35.5. The first-order chi connectivity index (χ1) is 8.24. The molecule has 0 saturated heterocycles. The molecule has 0 aliphatic heterocycles. The molecule has 0 N–H and O–H groups in total. The summed E-state index contributed by atoms with van der Waals surface area (Å²) in [5.74, 6) is 1.03. The Hall–Kier alpha value is -1.01. The number of imidazole rings is 1. The maximum absolute atomic E-state index is 8.66. The molecule has 3 nitrogen and oxygen atoms in total. The van der Waals surface area contributed by atoms with Gasteiger partial charge in [0, 0.05) is 13.0 Å². The third-order valence-electron chi connectivity index (χ3n) is 2.74. The third-order valence-corrected chi connectivity index (χ3v) is 3.16. The summed E-state index contributed by atoms with van der Waals surface area (Å²) in [6.07, 6.45) is 5.65. The number of hydrogen-bond donors (Lipinski definition) is 0. The molecule has 0 bridgehead atoms. The lowest BCUT2D eigenvalue weighted by Gasteiger charge is -2.05. The van der Waals surface area contributed by atoms with Crippen LogP contribution >= 0.6 is 11.6 Å². The van der Waals surface area contributed by atoms with Crippen molar-refractivity contribution in [1.29, 1.82) is 5.26 Å². The molecule has 0 amide bonds. The van der Waals surface area contributed by atoms with Gasteiger partial charge in [-0.2, -0.15) is 5.26 Å². The Morgan fingerprint density at radius 1 is 1.29 bits per heavy atom. The van der Waals surface area contributed by atoms with Crippen molar-refractivity contribution in [2.45, 2.75) is 58.9 Å². The third kappa shape index (κ3) is 3.74. The van der Waals surface area contributed by atoms with Crippen molar-refractivity contribution in [1.82, 2.24) is 9.55 Å². The summed E-state index contributed by atoms with van der Waals surface area (Å²) in [6.45, 7) is 4.94. The Labute approximate surface area is 108 Å². The molecule has 1 rings (SSSR count). The molecule has 4 heteroatoms. The Morgan fingerprint density at radius 3 is 2.65 bits per heavy atom. The first kappa shape index (κ1) is 14.1. The number of nitrogens with zero attached hydrogens (tertiary/aromatic N) is 3. The standard InChI is InChI=1S/C13H20ClN3/c1-3-5-8-11-13(14)17(10-6-9-15)12(16-11)7-4-2/h3-8,10H2,1-2H3. The van der Waals surface area contributed by atoms with Crippen molar-refractivity contribution in [3.63, 3.8) is 0 Å². The van der Waals surface area contributed by atoms with Crippen LogP contribution in [-0.4, -0.2) is 9.55 Å². The predicted octanol–water partition coefficient (Wildman–Crippen LogP) is 3.75. The molecule has 94 valence electrons. The molecule has 0 spiro atoms. The van der Waals surface area contributed by atoms with Crippen LogP contribution in [0, 0.1) is 11.3 Å². The van der Waals surface area contributed by atoms with Gasteiger partial charge >= 0.3 is 0 Å². The van der Waals surface area contributed by atoms with E-state index in [0.29, 0.717) is 13.0 Å². The molecule has 0 aliphatic carbocycles. The second-order valence-corrected chi connectivity index (χ2v) is 4.54. The van der Waals surface area contributed by atoms with Gasteiger partial charge in [-0.15, -0.1) is 0 Å². The summed E-state index contributed by atoms with van der Waals surface area (Å²) in [6, 6.07) is 2.16. The van der Waals surface area contributed by atoms with Crippen LogP contribution in [0.15, 0.2) is 0 Å². The van der Waals surface area contributed by atoms with Crippen LogP contribution in [0.3, 0.4) is 0 Å². The fourth-order valence-electron chi connectivity index (χ4n) is 1.84. The summed E-state index contributed by atoms with van der Waals surface area (Å²) in [4.78, 5) is 4.61. The molecule has 1 aromatic heterocycles. The zero-order chi connectivity index (χ0) is 12.7. The van der Waals surface area contributed by atoms with Crippen molar-refractivity contribution in [2.75, 3.05) is 0 Å². The van der Waals surface area contributed by atoms with E-state index >= 15 is 0 Å². The van der Waals surface area contributed by atoms with Gasteiger partial charge in [-0.1, -0.05) is 31.9 Å². The van der Waals surface area contributed by atoms with Crippen molar-refractivity contribution in [3.8, 4) is 6.07 Å². The van der Waals surface area contributed by atoms with Gasteiger partial charge < -0.3 is 4.57 Å². The second kappa shape index (κ2) is 7.34. The average Bonchev–Trinajstić information content (AvgIpc) is 2.61. The minimum atomic E-state index is 0.486. The Balaban J connectivity index is 2.89. The van der Waals surface area contributed by atoms with E-state index in [0.717, 1.165) is 48.8 Å². The normalized spacial score (nSPS) is 10.5. The monoisotopic (exact) mass is 253 g/mol. The Kier molecular flexibility index (Phi) is 6.07. The van der Waals surface area contributed by atoms with E-state index in [1.165, 1.54) is 0 Å². The van der Waals surface area contributed by atoms with Crippen LogP contribution in [0.1, 0.15) is 51.0 Å². The fraction of sp³-hybridized carbons (Fsp3) is 0.692. The summed E-state index contributed by atoms with van der Waals surface area (Å²) in [7, 11) is 0. The molecule has 17 heavy (non-hydrogen) atoms. The number of unbranched alkanes of at least 4 members (excludes halogenated alkanes) is 1. The quantitative estimate of drug-likeness (QED) is 0.743. The SMILES string of the molecule is CCCCc1nc(CCC)n(CCC#N)c1Cl. The average molecular weight is 254 g/mol. The van der Waals surface area contributed by atoms with Gasteiger partial charge in [0.1, 0.15) is 11.0 Å². The first-order valence-corrected chi connectivity index (χ1v) is 6.73. The van der Waals surface area contributed by atoms with E-state index in [-0.39, 0.29) is 0 Å². The van der Waals surface area contributed by atoms with Crippen LogP contribution < -0.4 is 0 Å². The lowest BCUT2D eigenvalue weighted by molar-refractivity contribution is 0.655. The van der Waals surface area contributed by atoms with E-state index in [1.54, 1.807) is 0 Å². The molecule has 0 radical (unpaired) electrons. The van der Waals surface area contributed by atoms with E-state index in [2.05, 4.69) is 24.9 Å². The second-order valence-electron chi connectivity index (χ2n) is 4.18. The molecule has 1 aromatic rings. The highest BCUT2D eigenvalue weighted by molar-refractivity contribution is 6.30. The van der Waals surface area contributed by atoms with E-state index < -0.39 is 0 Å². The largest absolute Gasteiger partial charge is 0.318 e. The molecular weight excluding hydrogens is 234 g/mol. The van der Waals surface area contributed by atoms with Gasteiger partial charge in [-0.05, 0) is 19.3 Å². The zero-order valence-corrected chi connectivity index (χ0v) is 11.4. The molecule has 0 aliphatic rings. The molecule has 0 aromatic carbocycles. The van der Waals surface area contributed by atoms with Crippen molar-refractivity contribution < 1.29 is 0 Å². The van der Waals surface area contributed by atoms with Crippen LogP contribution in [0.25, 0.3) is 0 Å². The highest BCUT2D eigenvalue weighted by Gasteiger charge is 2.14. The van der Waals surface area contributed by atoms with Crippen molar-refractivity contribution >= 4 is 11.6 Å². The van der Waals surface area contributed by atoms with E-state index in [1.807, 2.05) is 4.57 Å². The molecule has 0 unspecified atom stereocenters. The van der Waals surface area contributed by atoms with Crippen LogP contribution in [0.4, 0.5) is 0 Å². The molecule has 0 saturated carbocycles. The van der Waals surface area contributed by atoms with Crippen LogP contribution in [-0.2, 0) is 19.4 Å². The summed E-state index contributed by atoms with van der Waals surface area (Å²) < 4.78 is 2.00. The first-order valence-electron chi connectivity index (χ1n) is 6.35. The van der Waals surface area contributed by atoms with E-state index in [9.17, 15) is 0 Å². The van der Waals surface area contributed by atoms with Crippen LogP contribution in [0.5, 0.6) is 0 Å². The number of rotatable bonds is 7. The topological polar surface area (TPSA) is 41.6 Å². The zero-order valence-electron chi connectivity index (χ0n) is 10.7. The lowest BCUT2D eigenvalue weighted by atomic mass is 10.2. The Bertz CT molecular complexity index is 390. The van der Waals surface area contributed by atoms with Crippen molar-refractivity contribution in [2.24, 2.45) is 0 Å². The van der Waals surface area contributed by atoms with Gasteiger partial charge in [0.05, 0.1) is 18.2 Å². The number of aryl methyl sites for hydroxylation is 2. The van der Waals surface area contributed by atoms with Gasteiger partial charge in [0.2, 0.25) is 0 Å². The fourth-order valence-corrected chi connectivity index (χ4v) is 2.16. The minimum absolute atomic E-state index is 0.486. The number of halogens is 1. The smallest absolute Gasteiger partial charge is 0.132 e. The van der Waals surface area contributed by atoms with Gasteiger partial charge in [-0.25, -0.2) is 4.98 Å². The summed E-state index contributed by atoms with van der Waals surface area (Å²) >= 11 is 6.33. The lowest BCUT2D eigenvalue weighted by Crippen LogP contribution is -2.03. The molecular formula is C13H20ClN3. The predicted molar refractivity (Wildman–Crippen MR) is 70.1 cm³/mol. The maximum Gasteiger partial charge on any atom is 0.132 e.